The predicted octanol–water partition coefficient (Wildman–Crippen LogP) is 4.47. The van der Waals surface area contributed by atoms with Crippen LogP contribution in [0.15, 0.2) is 45.6 Å². The molecule has 29 heavy (non-hydrogen) atoms. The second-order valence-corrected chi connectivity index (χ2v) is 7.84. The van der Waals surface area contributed by atoms with Crippen molar-refractivity contribution in [2.75, 3.05) is 13.1 Å². The summed E-state index contributed by atoms with van der Waals surface area (Å²) in [4.78, 5) is 23.5. The zero-order valence-corrected chi connectivity index (χ0v) is 17.2. The normalized spacial score (nSPS) is 12.2. The number of carbonyl (C=O) groups excluding carboxylic acids is 2. The first-order valence-corrected chi connectivity index (χ1v) is 9.70. The smallest absolute Gasteiger partial charge is 0.407 e. The third-order valence-electron chi connectivity index (χ3n) is 4.42. The first-order valence-electron chi connectivity index (χ1n) is 9.70. The number of carbonyl (C=O) groups is 2. The van der Waals surface area contributed by atoms with Gasteiger partial charge in [-0.2, -0.15) is 0 Å². The Hall–Kier alpha value is -2.90. The molecule has 0 radical (unpaired) electrons. The number of furan rings is 2. The van der Waals surface area contributed by atoms with Crippen LogP contribution >= 0.6 is 0 Å². The van der Waals surface area contributed by atoms with Gasteiger partial charge in [0.1, 0.15) is 11.5 Å². The average molecular weight is 406 g/mol. The third-order valence-corrected chi connectivity index (χ3v) is 4.42. The lowest BCUT2D eigenvalue weighted by Crippen LogP contribution is -2.32. The lowest BCUT2D eigenvalue weighted by atomic mass is 9.80. The molecule has 2 aromatic rings. The molecule has 160 valence electrons. The van der Waals surface area contributed by atoms with E-state index in [1.54, 1.807) is 24.3 Å². The molecule has 0 saturated heterocycles. The largest absolute Gasteiger partial charge is 0.466 e. The molecule has 0 saturated carbocycles. The lowest BCUT2D eigenvalue weighted by Gasteiger charge is -2.28. The molecule has 1 atom stereocenters. The molecule has 0 bridgehead atoms. The molecule has 1 unspecified atom stereocenters. The highest BCUT2D eigenvalue weighted by Crippen LogP contribution is 2.28. The van der Waals surface area contributed by atoms with Crippen molar-refractivity contribution in [1.82, 2.24) is 10.6 Å². The van der Waals surface area contributed by atoms with E-state index >= 15 is 0 Å². The molecule has 0 aliphatic carbocycles. The van der Waals surface area contributed by atoms with Gasteiger partial charge in [0.2, 0.25) is 0 Å². The summed E-state index contributed by atoms with van der Waals surface area (Å²) in [6, 6.07) is 6.99. The van der Waals surface area contributed by atoms with Gasteiger partial charge >= 0.3 is 12.2 Å². The Balaban J connectivity index is 1.56. The molecule has 2 N–H and O–H groups in total. The van der Waals surface area contributed by atoms with Gasteiger partial charge in [-0.25, -0.2) is 9.59 Å². The molecular weight excluding hydrogens is 376 g/mol. The van der Waals surface area contributed by atoms with E-state index in [-0.39, 0.29) is 24.5 Å². The maximum atomic E-state index is 11.8. The summed E-state index contributed by atoms with van der Waals surface area (Å²) in [6.45, 7) is 7.58. The van der Waals surface area contributed by atoms with Gasteiger partial charge in [0, 0.05) is 13.1 Å². The summed E-state index contributed by atoms with van der Waals surface area (Å²) in [5.41, 5.74) is -0.00649. The van der Waals surface area contributed by atoms with E-state index in [1.165, 1.54) is 12.5 Å². The van der Waals surface area contributed by atoms with Crippen molar-refractivity contribution in [3.05, 3.63) is 48.3 Å². The van der Waals surface area contributed by atoms with Crippen molar-refractivity contribution in [2.24, 2.45) is 11.3 Å². The Bertz CT molecular complexity index is 724. The number of ether oxygens (including phenoxy) is 2. The van der Waals surface area contributed by atoms with Crippen molar-refractivity contribution in [2.45, 2.75) is 46.8 Å². The molecule has 0 aliphatic heterocycles. The molecule has 8 nitrogen and oxygen atoms in total. The van der Waals surface area contributed by atoms with Crippen LogP contribution in [0, 0.1) is 11.3 Å². The van der Waals surface area contributed by atoms with Crippen molar-refractivity contribution in [1.29, 1.82) is 0 Å². The molecule has 2 rings (SSSR count). The number of alkyl carbamates (subject to hydrolysis) is 2. The van der Waals surface area contributed by atoms with E-state index in [4.69, 9.17) is 18.3 Å². The van der Waals surface area contributed by atoms with Crippen molar-refractivity contribution in [3.8, 4) is 0 Å². The summed E-state index contributed by atoms with van der Waals surface area (Å²) in [6.07, 6.45) is 3.81. The van der Waals surface area contributed by atoms with Gasteiger partial charge < -0.3 is 28.9 Å². The Labute approximate surface area is 170 Å². The number of hydrogen-bond acceptors (Lipinski definition) is 6. The number of rotatable bonds is 11. The van der Waals surface area contributed by atoms with Gasteiger partial charge in [0.25, 0.3) is 0 Å². The molecule has 8 heteroatoms. The Kier molecular flexibility index (Phi) is 8.64. The van der Waals surface area contributed by atoms with E-state index in [2.05, 4.69) is 31.4 Å². The standard InChI is InChI=1S/C21H30N2O6/c1-16(13-23-20(25)29-15-18-7-5-11-27-18)12-21(2,3)8-9-22-19(24)28-14-17-6-4-10-26-17/h4-7,10-11,16H,8-9,12-15H2,1-3H3,(H,22,24)(H,23,25). The third kappa shape index (κ3) is 9.23. The van der Waals surface area contributed by atoms with E-state index in [1.807, 2.05) is 0 Å². The van der Waals surface area contributed by atoms with Crippen LogP contribution in [0.2, 0.25) is 0 Å². The predicted molar refractivity (Wildman–Crippen MR) is 106 cm³/mol. The zero-order valence-electron chi connectivity index (χ0n) is 17.2. The Morgan fingerprint density at radius 3 is 2.07 bits per heavy atom. The fourth-order valence-corrected chi connectivity index (χ4v) is 3.04. The minimum atomic E-state index is -0.466. The van der Waals surface area contributed by atoms with Crippen molar-refractivity contribution < 1.29 is 27.9 Å². The number of amides is 2. The van der Waals surface area contributed by atoms with Gasteiger partial charge in [-0.05, 0) is 48.4 Å². The van der Waals surface area contributed by atoms with Crippen LogP contribution in [0.1, 0.15) is 45.1 Å². The minimum absolute atomic E-state index is 0.00649. The highest BCUT2D eigenvalue weighted by Gasteiger charge is 2.22. The minimum Gasteiger partial charge on any atom is -0.466 e. The van der Waals surface area contributed by atoms with E-state index in [0.29, 0.717) is 24.6 Å². The Morgan fingerprint density at radius 1 is 1.00 bits per heavy atom. The number of nitrogens with one attached hydrogen (secondary N) is 2. The van der Waals surface area contributed by atoms with E-state index in [0.717, 1.165) is 12.8 Å². The summed E-state index contributed by atoms with van der Waals surface area (Å²) < 4.78 is 20.4. The quantitative estimate of drug-likeness (QED) is 0.571. The maximum absolute atomic E-state index is 11.8. The lowest BCUT2D eigenvalue weighted by molar-refractivity contribution is 0.126. The van der Waals surface area contributed by atoms with Crippen LogP contribution in [0.4, 0.5) is 9.59 Å². The SMILES string of the molecule is CC(CNC(=O)OCc1ccco1)CC(C)(C)CCNC(=O)OCc1ccco1. The van der Waals surface area contributed by atoms with Crippen LogP contribution in [-0.4, -0.2) is 25.3 Å². The highest BCUT2D eigenvalue weighted by atomic mass is 16.6. The molecule has 2 aromatic heterocycles. The summed E-state index contributed by atoms with van der Waals surface area (Å²) in [5, 5.41) is 5.52. The topological polar surface area (TPSA) is 103 Å². The molecule has 2 amide bonds. The van der Waals surface area contributed by atoms with E-state index < -0.39 is 12.2 Å². The molecule has 2 heterocycles. The van der Waals surface area contributed by atoms with E-state index in [9.17, 15) is 9.59 Å². The Morgan fingerprint density at radius 2 is 1.55 bits per heavy atom. The van der Waals surface area contributed by atoms with Gasteiger partial charge in [-0.3, -0.25) is 0 Å². The number of hydrogen-bond donors (Lipinski definition) is 2. The van der Waals surface area contributed by atoms with Crippen LogP contribution in [0.3, 0.4) is 0 Å². The molecular formula is C21H30N2O6. The highest BCUT2D eigenvalue weighted by molar-refractivity contribution is 5.67. The van der Waals surface area contributed by atoms with Crippen molar-refractivity contribution in [3.63, 3.8) is 0 Å². The fraction of sp³-hybridized carbons (Fsp3) is 0.524. The maximum Gasteiger partial charge on any atom is 0.407 e. The summed E-state index contributed by atoms with van der Waals surface area (Å²) >= 11 is 0. The first-order chi connectivity index (χ1) is 13.8. The monoisotopic (exact) mass is 406 g/mol. The first kappa shape index (κ1) is 22.4. The van der Waals surface area contributed by atoms with Crippen LogP contribution < -0.4 is 10.6 Å². The van der Waals surface area contributed by atoms with Gasteiger partial charge in [0.15, 0.2) is 13.2 Å². The van der Waals surface area contributed by atoms with Crippen molar-refractivity contribution >= 4 is 12.2 Å². The molecule has 0 fully saturated rings. The van der Waals surface area contributed by atoms with Gasteiger partial charge in [-0.1, -0.05) is 20.8 Å². The van der Waals surface area contributed by atoms with Crippen LogP contribution in [0.25, 0.3) is 0 Å². The average Bonchev–Trinajstić information content (AvgIpc) is 3.36. The second-order valence-electron chi connectivity index (χ2n) is 7.84. The fourth-order valence-electron chi connectivity index (χ4n) is 3.04. The molecule has 0 aliphatic rings. The molecule has 0 aromatic carbocycles. The summed E-state index contributed by atoms with van der Waals surface area (Å²) in [7, 11) is 0. The summed E-state index contributed by atoms with van der Waals surface area (Å²) in [5.74, 6) is 1.46. The second kappa shape index (κ2) is 11.2. The zero-order chi connectivity index (χ0) is 21.1. The van der Waals surface area contributed by atoms with Gasteiger partial charge in [-0.15, -0.1) is 0 Å². The van der Waals surface area contributed by atoms with Gasteiger partial charge in [0.05, 0.1) is 12.5 Å². The molecule has 0 spiro atoms. The van der Waals surface area contributed by atoms with Crippen LogP contribution in [-0.2, 0) is 22.7 Å². The van der Waals surface area contributed by atoms with Crippen LogP contribution in [0.5, 0.6) is 0 Å².